The SMILES string of the molecule is O=C(c1cscn1)N1CCc2c(cccc2Nc2ccc(C(F)(F)F)cc2)C1. The van der Waals surface area contributed by atoms with Crippen molar-refractivity contribution < 1.29 is 18.0 Å². The maximum atomic E-state index is 12.7. The number of amides is 1. The Balaban J connectivity index is 1.52. The number of hydrogen-bond acceptors (Lipinski definition) is 4. The predicted octanol–water partition coefficient (Wildman–Crippen LogP) is 5.10. The van der Waals surface area contributed by atoms with Crippen LogP contribution in [0.15, 0.2) is 53.4 Å². The number of benzene rings is 2. The lowest BCUT2D eigenvalue weighted by Crippen LogP contribution is -2.36. The number of alkyl halides is 3. The molecule has 0 bridgehead atoms. The topological polar surface area (TPSA) is 45.2 Å². The fourth-order valence-electron chi connectivity index (χ4n) is 3.28. The number of nitrogens with one attached hydrogen (secondary N) is 1. The third kappa shape index (κ3) is 3.73. The monoisotopic (exact) mass is 403 g/mol. The number of halogens is 3. The number of hydrogen-bond donors (Lipinski definition) is 1. The van der Waals surface area contributed by atoms with Crippen LogP contribution in [0, 0.1) is 0 Å². The molecule has 28 heavy (non-hydrogen) atoms. The highest BCUT2D eigenvalue weighted by Crippen LogP contribution is 2.32. The van der Waals surface area contributed by atoms with Crippen LogP contribution < -0.4 is 5.32 Å². The van der Waals surface area contributed by atoms with E-state index in [-0.39, 0.29) is 5.91 Å². The van der Waals surface area contributed by atoms with Gasteiger partial charge in [-0.1, -0.05) is 12.1 Å². The van der Waals surface area contributed by atoms with Gasteiger partial charge in [-0.15, -0.1) is 11.3 Å². The minimum Gasteiger partial charge on any atom is -0.355 e. The van der Waals surface area contributed by atoms with E-state index in [4.69, 9.17) is 0 Å². The van der Waals surface area contributed by atoms with E-state index in [1.807, 2.05) is 18.2 Å². The molecule has 0 saturated carbocycles. The molecule has 3 aromatic rings. The first-order valence-corrected chi connectivity index (χ1v) is 9.58. The number of carbonyl (C=O) groups excluding carboxylic acids is 1. The molecule has 144 valence electrons. The van der Waals surface area contributed by atoms with Crippen molar-refractivity contribution in [3.63, 3.8) is 0 Å². The van der Waals surface area contributed by atoms with E-state index in [9.17, 15) is 18.0 Å². The third-order valence-electron chi connectivity index (χ3n) is 4.70. The zero-order chi connectivity index (χ0) is 19.7. The maximum Gasteiger partial charge on any atom is 0.416 e. The van der Waals surface area contributed by atoms with Crippen molar-refractivity contribution in [2.45, 2.75) is 19.1 Å². The molecule has 8 heteroatoms. The van der Waals surface area contributed by atoms with Crippen LogP contribution in [0.4, 0.5) is 24.5 Å². The molecule has 0 atom stereocenters. The number of thiazole rings is 1. The van der Waals surface area contributed by atoms with Crippen LogP contribution in [0.5, 0.6) is 0 Å². The lowest BCUT2D eigenvalue weighted by molar-refractivity contribution is -0.137. The summed E-state index contributed by atoms with van der Waals surface area (Å²) in [4.78, 5) is 18.4. The highest BCUT2D eigenvalue weighted by molar-refractivity contribution is 7.07. The van der Waals surface area contributed by atoms with Crippen molar-refractivity contribution in [2.75, 3.05) is 11.9 Å². The first-order chi connectivity index (χ1) is 13.4. The summed E-state index contributed by atoms with van der Waals surface area (Å²) in [5, 5.41) is 4.94. The lowest BCUT2D eigenvalue weighted by Gasteiger charge is -2.30. The number of aromatic nitrogens is 1. The van der Waals surface area contributed by atoms with Gasteiger partial charge in [0.2, 0.25) is 0 Å². The van der Waals surface area contributed by atoms with Gasteiger partial charge in [-0.3, -0.25) is 4.79 Å². The Morgan fingerprint density at radius 1 is 1.14 bits per heavy atom. The van der Waals surface area contributed by atoms with Gasteiger partial charge in [-0.25, -0.2) is 4.98 Å². The molecule has 0 saturated heterocycles. The highest BCUT2D eigenvalue weighted by Gasteiger charge is 2.30. The predicted molar refractivity (Wildman–Crippen MR) is 102 cm³/mol. The van der Waals surface area contributed by atoms with Crippen molar-refractivity contribution in [1.29, 1.82) is 0 Å². The minimum absolute atomic E-state index is 0.0898. The molecule has 0 unspecified atom stereocenters. The second-order valence-electron chi connectivity index (χ2n) is 6.49. The van der Waals surface area contributed by atoms with Crippen LogP contribution >= 0.6 is 11.3 Å². The van der Waals surface area contributed by atoms with Crippen molar-refractivity contribution in [3.8, 4) is 0 Å². The Kier molecular flexibility index (Phi) is 4.80. The van der Waals surface area contributed by atoms with Crippen LogP contribution in [-0.4, -0.2) is 22.3 Å². The molecule has 1 amide bonds. The molecule has 0 fully saturated rings. The summed E-state index contributed by atoms with van der Waals surface area (Å²) in [6, 6.07) is 10.7. The van der Waals surface area contributed by atoms with Gasteiger partial charge in [0.25, 0.3) is 5.91 Å². The number of nitrogens with zero attached hydrogens (tertiary/aromatic N) is 2. The largest absolute Gasteiger partial charge is 0.416 e. The number of rotatable bonds is 3. The van der Waals surface area contributed by atoms with E-state index >= 15 is 0 Å². The van der Waals surface area contributed by atoms with E-state index in [1.54, 1.807) is 15.8 Å². The van der Waals surface area contributed by atoms with Crippen LogP contribution in [0.3, 0.4) is 0 Å². The summed E-state index contributed by atoms with van der Waals surface area (Å²) in [5.41, 5.74) is 4.94. The van der Waals surface area contributed by atoms with E-state index < -0.39 is 11.7 Å². The molecule has 1 aliphatic rings. The summed E-state index contributed by atoms with van der Waals surface area (Å²) in [5.74, 6) is -0.0898. The molecule has 0 spiro atoms. The van der Waals surface area contributed by atoms with Gasteiger partial charge in [-0.05, 0) is 47.9 Å². The van der Waals surface area contributed by atoms with E-state index in [0.717, 1.165) is 28.9 Å². The Labute approximate surface area is 163 Å². The van der Waals surface area contributed by atoms with Gasteiger partial charge >= 0.3 is 6.18 Å². The average molecular weight is 403 g/mol. The van der Waals surface area contributed by atoms with Crippen molar-refractivity contribution in [1.82, 2.24) is 9.88 Å². The molecule has 0 aliphatic carbocycles. The summed E-state index contributed by atoms with van der Waals surface area (Å²) >= 11 is 1.38. The van der Waals surface area contributed by atoms with Gasteiger partial charge in [0.15, 0.2) is 0 Å². The third-order valence-corrected chi connectivity index (χ3v) is 5.28. The Hall–Kier alpha value is -2.87. The molecule has 4 rings (SSSR count). The Morgan fingerprint density at radius 2 is 1.93 bits per heavy atom. The smallest absolute Gasteiger partial charge is 0.355 e. The van der Waals surface area contributed by atoms with Gasteiger partial charge in [0.05, 0.1) is 11.1 Å². The quantitative estimate of drug-likeness (QED) is 0.662. The normalized spacial score (nSPS) is 13.9. The lowest BCUT2D eigenvalue weighted by atomic mass is 9.97. The Morgan fingerprint density at radius 3 is 2.61 bits per heavy atom. The van der Waals surface area contributed by atoms with Crippen LogP contribution in [0.2, 0.25) is 0 Å². The number of fused-ring (bicyclic) bond motifs is 1. The van der Waals surface area contributed by atoms with E-state index in [1.165, 1.54) is 23.5 Å². The van der Waals surface area contributed by atoms with Crippen molar-refractivity contribution in [2.24, 2.45) is 0 Å². The van der Waals surface area contributed by atoms with E-state index in [2.05, 4.69) is 10.3 Å². The zero-order valence-corrected chi connectivity index (χ0v) is 15.5. The fraction of sp³-hybridized carbons (Fsp3) is 0.200. The molecule has 1 N–H and O–H groups in total. The molecule has 1 aliphatic heterocycles. The zero-order valence-electron chi connectivity index (χ0n) is 14.7. The molecule has 1 aromatic heterocycles. The summed E-state index contributed by atoms with van der Waals surface area (Å²) in [6.45, 7) is 1.04. The fourth-order valence-corrected chi connectivity index (χ4v) is 3.80. The van der Waals surface area contributed by atoms with Gasteiger partial charge < -0.3 is 10.2 Å². The molecule has 0 radical (unpaired) electrons. The molecule has 2 aromatic carbocycles. The first kappa shape index (κ1) is 18.5. The molecule has 4 nitrogen and oxygen atoms in total. The highest BCUT2D eigenvalue weighted by atomic mass is 32.1. The average Bonchev–Trinajstić information content (AvgIpc) is 3.22. The van der Waals surface area contributed by atoms with Crippen molar-refractivity contribution >= 4 is 28.6 Å². The van der Waals surface area contributed by atoms with Crippen LogP contribution in [-0.2, 0) is 19.1 Å². The van der Waals surface area contributed by atoms with Crippen LogP contribution in [0.25, 0.3) is 0 Å². The first-order valence-electron chi connectivity index (χ1n) is 8.64. The standard InChI is InChI=1S/C20H16F3N3OS/c21-20(22,23)14-4-6-15(7-5-14)25-17-3-1-2-13-10-26(9-8-16(13)17)19(27)18-11-28-12-24-18/h1-7,11-12,25H,8-10H2. The maximum absolute atomic E-state index is 12.7. The summed E-state index contributed by atoms with van der Waals surface area (Å²) < 4.78 is 38.2. The molecular weight excluding hydrogens is 387 g/mol. The number of carbonyl (C=O) groups is 1. The Bertz CT molecular complexity index is 985. The van der Waals surface area contributed by atoms with E-state index in [0.29, 0.717) is 30.9 Å². The summed E-state index contributed by atoms with van der Waals surface area (Å²) in [7, 11) is 0. The molecule has 2 heterocycles. The number of anilines is 2. The summed E-state index contributed by atoms with van der Waals surface area (Å²) in [6.07, 6.45) is -3.69. The van der Waals surface area contributed by atoms with Crippen LogP contribution in [0.1, 0.15) is 27.2 Å². The van der Waals surface area contributed by atoms with Gasteiger partial charge in [-0.2, -0.15) is 13.2 Å². The van der Waals surface area contributed by atoms with Gasteiger partial charge in [0, 0.05) is 29.8 Å². The van der Waals surface area contributed by atoms with Gasteiger partial charge in [0.1, 0.15) is 5.69 Å². The second-order valence-corrected chi connectivity index (χ2v) is 7.21. The minimum atomic E-state index is -4.35. The second kappa shape index (κ2) is 7.27. The molecular formula is C20H16F3N3OS. The van der Waals surface area contributed by atoms with Crippen molar-refractivity contribution in [3.05, 3.63) is 75.7 Å².